The molecule has 0 spiro atoms. The van der Waals surface area contributed by atoms with E-state index in [9.17, 15) is 4.79 Å². The van der Waals surface area contributed by atoms with E-state index in [-0.39, 0.29) is 12.4 Å². The van der Waals surface area contributed by atoms with Crippen LogP contribution in [0.1, 0.15) is 11.1 Å². The zero-order valence-corrected chi connectivity index (χ0v) is 13.5. The lowest BCUT2D eigenvalue weighted by atomic mass is 10.0. The van der Waals surface area contributed by atoms with Gasteiger partial charge in [-0.05, 0) is 28.3 Å². The van der Waals surface area contributed by atoms with Gasteiger partial charge in [-0.3, -0.25) is 4.79 Å². The second kappa shape index (κ2) is 7.86. The summed E-state index contributed by atoms with van der Waals surface area (Å²) in [6.45, 7) is 0.471. The summed E-state index contributed by atoms with van der Waals surface area (Å²) < 4.78 is 5.48. The Hall–Kier alpha value is -2.49. The van der Waals surface area contributed by atoms with Crippen LogP contribution in [0.4, 0.5) is 0 Å². The van der Waals surface area contributed by atoms with E-state index in [1.54, 1.807) is 0 Å². The molecule has 3 rings (SSSR count). The lowest BCUT2D eigenvalue weighted by molar-refractivity contribution is -0.125. The van der Waals surface area contributed by atoms with Gasteiger partial charge in [-0.2, -0.15) is 0 Å². The third-order valence-electron chi connectivity index (χ3n) is 4.04. The summed E-state index contributed by atoms with van der Waals surface area (Å²) in [5.74, 6) is -0.0703. The molecule has 0 aromatic heterocycles. The fraction of sp³-hybridized carbons (Fsp3) is 0.190. The summed E-state index contributed by atoms with van der Waals surface area (Å²) in [6, 6.07) is 23.6. The van der Waals surface area contributed by atoms with Gasteiger partial charge in [0.25, 0.3) is 0 Å². The van der Waals surface area contributed by atoms with Gasteiger partial charge in [0.1, 0.15) is 6.61 Å². The molecule has 0 amide bonds. The van der Waals surface area contributed by atoms with Gasteiger partial charge in [-0.1, -0.05) is 72.8 Å². The molecular weight excluding hydrogens is 298 g/mol. The van der Waals surface area contributed by atoms with E-state index >= 15 is 0 Å². The molecule has 0 aliphatic heterocycles. The lowest BCUT2D eigenvalue weighted by Crippen LogP contribution is -2.35. The van der Waals surface area contributed by atoms with Gasteiger partial charge < -0.3 is 10.5 Å². The summed E-state index contributed by atoms with van der Waals surface area (Å²) in [6.07, 6.45) is 0.526. The van der Waals surface area contributed by atoms with Crippen LogP contribution in [0.5, 0.6) is 0 Å². The molecule has 0 aliphatic carbocycles. The first kappa shape index (κ1) is 16.4. The number of carbonyl (C=O) groups excluding carboxylic acids is 1. The standard InChI is InChI=1S/C21H21NO2/c22-20(21(23)15-24-14-16-6-2-1-3-7-16)13-17-10-11-18-8-4-5-9-19(18)12-17/h1-12,20H,13-15,22H2. The van der Waals surface area contributed by atoms with Gasteiger partial charge >= 0.3 is 0 Å². The van der Waals surface area contributed by atoms with Crippen molar-refractivity contribution in [1.82, 2.24) is 0 Å². The molecule has 0 bridgehead atoms. The Morgan fingerprint density at radius 1 is 0.875 bits per heavy atom. The smallest absolute Gasteiger partial charge is 0.175 e. The van der Waals surface area contributed by atoms with Crippen LogP contribution in [0.15, 0.2) is 72.8 Å². The van der Waals surface area contributed by atoms with Crippen LogP contribution < -0.4 is 5.73 Å². The van der Waals surface area contributed by atoms with Gasteiger partial charge in [-0.25, -0.2) is 0 Å². The van der Waals surface area contributed by atoms with Crippen LogP contribution in [0.3, 0.4) is 0 Å². The highest BCUT2D eigenvalue weighted by Gasteiger charge is 2.14. The van der Waals surface area contributed by atoms with Crippen molar-refractivity contribution in [1.29, 1.82) is 0 Å². The second-order valence-electron chi connectivity index (χ2n) is 5.94. The van der Waals surface area contributed by atoms with Crippen molar-refractivity contribution >= 4 is 16.6 Å². The predicted molar refractivity (Wildman–Crippen MR) is 96.7 cm³/mol. The number of hydrogen-bond donors (Lipinski definition) is 1. The normalized spacial score (nSPS) is 12.2. The minimum absolute atomic E-state index is 0.0453. The Bertz CT molecular complexity index is 814. The van der Waals surface area contributed by atoms with Crippen molar-refractivity contribution in [3.05, 3.63) is 83.9 Å². The number of ether oxygens (including phenoxy) is 1. The van der Waals surface area contributed by atoms with Gasteiger partial charge in [0, 0.05) is 0 Å². The maximum Gasteiger partial charge on any atom is 0.175 e. The van der Waals surface area contributed by atoms with Crippen LogP contribution in [-0.4, -0.2) is 18.4 Å². The molecule has 3 aromatic rings. The van der Waals surface area contributed by atoms with Crippen molar-refractivity contribution in [3.8, 4) is 0 Å². The number of benzene rings is 3. The van der Waals surface area contributed by atoms with Crippen molar-refractivity contribution in [2.75, 3.05) is 6.61 Å². The third-order valence-corrected chi connectivity index (χ3v) is 4.04. The van der Waals surface area contributed by atoms with E-state index in [2.05, 4.69) is 24.3 Å². The molecule has 3 nitrogen and oxygen atoms in total. The van der Waals surface area contributed by atoms with Crippen LogP contribution in [0.25, 0.3) is 10.8 Å². The monoisotopic (exact) mass is 319 g/mol. The molecule has 1 unspecified atom stereocenters. The maximum absolute atomic E-state index is 12.2. The van der Waals surface area contributed by atoms with Crippen molar-refractivity contribution < 1.29 is 9.53 Å². The fourth-order valence-corrected chi connectivity index (χ4v) is 2.68. The number of hydrogen-bond acceptors (Lipinski definition) is 3. The molecule has 0 saturated heterocycles. The molecule has 3 heteroatoms. The summed E-state index contributed by atoms with van der Waals surface area (Å²) in [4.78, 5) is 12.2. The third kappa shape index (κ3) is 4.28. The zero-order chi connectivity index (χ0) is 16.8. The average Bonchev–Trinajstić information content (AvgIpc) is 2.62. The maximum atomic E-state index is 12.2. The van der Waals surface area contributed by atoms with E-state index in [0.29, 0.717) is 13.0 Å². The minimum atomic E-state index is -0.540. The Morgan fingerprint density at radius 3 is 2.38 bits per heavy atom. The molecule has 0 saturated carbocycles. The first-order chi connectivity index (χ1) is 11.7. The molecule has 24 heavy (non-hydrogen) atoms. The minimum Gasteiger partial charge on any atom is -0.369 e. The van der Waals surface area contributed by atoms with Crippen LogP contribution in [-0.2, 0) is 22.6 Å². The Morgan fingerprint density at radius 2 is 1.58 bits per heavy atom. The first-order valence-corrected chi connectivity index (χ1v) is 8.10. The van der Waals surface area contributed by atoms with Gasteiger partial charge in [0.05, 0.1) is 12.6 Å². The summed E-state index contributed by atoms with van der Waals surface area (Å²) in [7, 11) is 0. The number of Topliss-reactive ketones (excluding diaryl/α,β-unsaturated/α-hetero) is 1. The highest BCUT2D eigenvalue weighted by Crippen LogP contribution is 2.16. The van der Waals surface area contributed by atoms with E-state index in [1.165, 1.54) is 5.39 Å². The topological polar surface area (TPSA) is 52.3 Å². The molecule has 3 aromatic carbocycles. The Balaban J connectivity index is 1.53. The Kier molecular flexibility index (Phi) is 5.36. The largest absolute Gasteiger partial charge is 0.369 e. The summed E-state index contributed by atoms with van der Waals surface area (Å²) >= 11 is 0. The Labute approximate surface area is 142 Å². The molecule has 0 heterocycles. The predicted octanol–water partition coefficient (Wildman–Crippen LogP) is 3.50. The molecule has 0 aliphatic rings. The van der Waals surface area contributed by atoms with E-state index in [0.717, 1.165) is 16.5 Å². The number of nitrogens with two attached hydrogens (primary N) is 1. The van der Waals surface area contributed by atoms with E-state index in [1.807, 2.05) is 48.5 Å². The number of ketones is 1. The molecule has 1 atom stereocenters. The van der Waals surface area contributed by atoms with Crippen molar-refractivity contribution in [2.24, 2.45) is 5.73 Å². The van der Waals surface area contributed by atoms with Gasteiger partial charge in [0.2, 0.25) is 0 Å². The average molecular weight is 319 g/mol. The van der Waals surface area contributed by atoms with E-state index < -0.39 is 6.04 Å². The number of rotatable bonds is 7. The van der Waals surface area contributed by atoms with Crippen LogP contribution in [0, 0.1) is 0 Å². The van der Waals surface area contributed by atoms with E-state index in [4.69, 9.17) is 10.5 Å². The molecule has 0 fully saturated rings. The van der Waals surface area contributed by atoms with Crippen molar-refractivity contribution in [2.45, 2.75) is 19.1 Å². The summed E-state index contributed by atoms with van der Waals surface area (Å²) in [5.41, 5.74) is 8.16. The fourth-order valence-electron chi connectivity index (χ4n) is 2.68. The SMILES string of the molecule is NC(Cc1ccc2ccccc2c1)C(=O)COCc1ccccc1. The van der Waals surface area contributed by atoms with Gasteiger partial charge in [-0.15, -0.1) is 0 Å². The molecular formula is C21H21NO2. The van der Waals surface area contributed by atoms with Crippen LogP contribution in [0.2, 0.25) is 0 Å². The zero-order valence-electron chi connectivity index (χ0n) is 13.5. The molecule has 122 valence electrons. The second-order valence-corrected chi connectivity index (χ2v) is 5.94. The molecule has 0 radical (unpaired) electrons. The number of carbonyl (C=O) groups is 1. The summed E-state index contributed by atoms with van der Waals surface area (Å²) in [5, 5.41) is 2.35. The van der Waals surface area contributed by atoms with Crippen molar-refractivity contribution in [3.63, 3.8) is 0 Å². The quantitative estimate of drug-likeness (QED) is 0.725. The first-order valence-electron chi connectivity index (χ1n) is 8.10. The van der Waals surface area contributed by atoms with Gasteiger partial charge in [0.15, 0.2) is 5.78 Å². The van der Waals surface area contributed by atoms with Crippen LogP contribution >= 0.6 is 0 Å². The molecule has 2 N–H and O–H groups in total. The number of fused-ring (bicyclic) bond motifs is 1. The highest BCUT2D eigenvalue weighted by molar-refractivity contribution is 5.86. The highest BCUT2D eigenvalue weighted by atomic mass is 16.5. The lowest BCUT2D eigenvalue weighted by Gasteiger charge is -2.12.